The number of halogens is 1. The standard InChI is InChI=1S/C11H15BrN2O2S/c1-11(6-13-7-11)16-5-10(15)14-4-9-8(12)2-3-17-9/h2-3,13H,4-7H2,1H3,(H,14,15). The summed E-state index contributed by atoms with van der Waals surface area (Å²) >= 11 is 5.05. The molecule has 17 heavy (non-hydrogen) atoms. The van der Waals surface area contributed by atoms with Crippen LogP contribution in [0.25, 0.3) is 0 Å². The van der Waals surface area contributed by atoms with Crippen LogP contribution in [-0.4, -0.2) is 31.2 Å². The van der Waals surface area contributed by atoms with Crippen LogP contribution in [0.5, 0.6) is 0 Å². The molecule has 2 rings (SSSR count). The molecule has 4 nitrogen and oxygen atoms in total. The number of hydrogen-bond acceptors (Lipinski definition) is 4. The third-order valence-electron chi connectivity index (χ3n) is 2.69. The molecule has 1 aliphatic rings. The molecule has 0 aliphatic carbocycles. The number of ether oxygens (including phenoxy) is 1. The Kier molecular flexibility index (Phi) is 4.19. The summed E-state index contributed by atoms with van der Waals surface area (Å²) in [6, 6.07) is 1.98. The Morgan fingerprint density at radius 1 is 1.71 bits per heavy atom. The summed E-state index contributed by atoms with van der Waals surface area (Å²) in [6.45, 7) is 4.32. The maximum absolute atomic E-state index is 11.6. The molecular weight excluding hydrogens is 304 g/mol. The van der Waals surface area contributed by atoms with Gasteiger partial charge in [-0.25, -0.2) is 0 Å². The van der Waals surface area contributed by atoms with E-state index in [9.17, 15) is 4.79 Å². The Hall–Kier alpha value is -0.430. The molecule has 1 saturated heterocycles. The van der Waals surface area contributed by atoms with Crippen LogP contribution >= 0.6 is 27.3 Å². The number of nitrogens with one attached hydrogen (secondary N) is 2. The van der Waals surface area contributed by atoms with Crippen molar-refractivity contribution in [3.05, 3.63) is 20.8 Å². The molecular formula is C11H15BrN2O2S. The van der Waals surface area contributed by atoms with Crippen LogP contribution in [0.15, 0.2) is 15.9 Å². The Morgan fingerprint density at radius 3 is 3.00 bits per heavy atom. The highest BCUT2D eigenvalue weighted by atomic mass is 79.9. The molecule has 1 fully saturated rings. The molecule has 0 unspecified atom stereocenters. The molecule has 0 bridgehead atoms. The molecule has 1 amide bonds. The monoisotopic (exact) mass is 318 g/mol. The average molecular weight is 319 g/mol. The lowest BCUT2D eigenvalue weighted by Gasteiger charge is -2.38. The maximum Gasteiger partial charge on any atom is 0.246 e. The highest BCUT2D eigenvalue weighted by Crippen LogP contribution is 2.22. The number of amides is 1. The van der Waals surface area contributed by atoms with Crippen LogP contribution < -0.4 is 10.6 Å². The van der Waals surface area contributed by atoms with Gasteiger partial charge in [-0.15, -0.1) is 11.3 Å². The summed E-state index contributed by atoms with van der Waals surface area (Å²) < 4.78 is 6.59. The van der Waals surface area contributed by atoms with E-state index in [2.05, 4.69) is 26.6 Å². The molecule has 1 aromatic heterocycles. The predicted molar refractivity (Wildman–Crippen MR) is 71.1 cm³/mol. The zero-order valence-electron chi connectivity index (χ0n) is 9.59. The fourth-order valence-corrected chi connectivity index (χ4v) is 2.93. The molecule has 2 heterocycles. The third-order valence-corrected chi connectivity index (χ3v) is 4.61. The minimum atomic E-state index is -0.166. The molecule has 0 saturated carbocycles. The Bertz CT molecular complexity index is 404. The van der Waals surface area contributed by atoms with Crippen LogP contribution in [0.3, 0.4) is 0 Å². The van der Waals surface area contributed by atoms with Gasteiger partial charge in [0.05, 0.1) is 12.1 Å². The smallest absolute Gasteiger partial charge is 0.246 e. The van der Waals surface area contributed by atoms with Crippen molar-refractivity contribution >= 4 is 33.2 Å². The quantitative estimate of drug-likeness (QED) is 0.865. The highest BCUT2D eigenvalue weighted by molar-refractivity contribution is 9.10. The van der Waals surface area contributed by atoms with Crippen LogP contribution in [0.4, 0.5) is 0 Å². The Morgan fingerprint density at radius 2 is 2.47 bits per heavy atom. The second-order valence-electron chi connectivity index (χ2n) is 4.31. The van der Waals surface area contributed by atoms with E-state index in [-0.39, 0.29) is 18.1 Å². The van der Waals surface area contributed by atoms with E-state index in [1.54, 1.807) is 11.3 Å². The first-order chi connectivity index (χ1) is 8.09. The van der Waals surface area contributed by atoms with Gasteiger partial charge in [-0.1, -0.05) is 0 Å². The molecule has 0 radical (unpaired) electrons. The second-order valence-corrected chi connectivity index (χ2v) is 6.17. The third kappa shape index (κ3) is 3.51. The predicted octanol–water partition coefficient (Wildman–Crippen LogP) is 1.51. The summed E-state index contributed by atoms with van der Waals surface area (Å²) in [7, 11) is 0. The second kappa shape index (κ2) is 5.48. The minimum absolute atomic E-state index is 0.0709. The van der Waals surface area contributed by atoms with Gasteiger partial charge >= 0.3 is 0 Å². The SMILES string of the molecule is CC1(OCC(=O)NCc2sccc2Br)CNC1. The van der Waals surface area contributed by atoms with Crippen molar-refractivity contribution in [2.24, 2.45) is 0 Å². The van der Waals surface area contributed by atoms with Crippen LogP contribution in [0, 0.1) is 0 Å². The van der Waals surface area contributed by atoms with Crippen molar-refractivity contribution in [3.63, 3.8) is 0 Å². The summed E-state index contributed by atoms with van der Waals surface area (Å²) in [6.07, 6.45) is 0. The van der Waals surface area contributed by atoms with Gasteiger partial charge in [0.25, 0.3) is 0 Å². The lowest BCUT2D eigenvalue weighted by molar-refractivity contribution is -0.135. The van der Waals surface area contributed by atoms with Gasteiger partial charge < -0.3 is 15.4 Å². The van der Waals surface area contributed by atoms with Gasteiger partial charge in [-0.3, -0.25) is 4.79 Å². The normalized spacial score (nSPS) is 17.5. The summed E-state index contributed by atoms with van der Waals surface area (Å²) in [5.41, 5.74) is -0.166. The molecule has 6 heteroatoms. The summed E-state index contributed by atoms with van der Waals surface area (Å²) in [5.74, 6) is -0.0709. The number of hydrogen-bond donors (Lipinski definition) is 2. The molecule has 0 atom stereocenters. The van der Waals surface area contributed by atoms with Crippen molar-refractivity contribution in [3.8, 4) is 0 Å². The number of rotatable bonds is 5. The lowest BCUT2D eigenvalue weighted by Crippen LogP contribution is -2.59. The van der Waals surface area contributed by atoms with Gasteiger partial charge in [0, 0.05) is 22.4 Å². The number of thiophene rings is 1. The fourth-order valence-electron chi connectivity index (χ4n) is 1.50. The van der Waals surface area contributed by atoms with Gasteiger partial charge in [-0.2, -0.15) is 0 Å². The number of carbonyl (C=O) groups is 1. The average Bonchev–Trinajstić information content (AvgIpc) is 2.67. The van der Waals surface area contributed by atoms with Crippen LogP contribution in [0.2, 0.25) is 0 Å². The molecule has 0 aromatic carbocycles. The Labute approximate surface area is 113 Å². The van der Waals surface area contributed by atoms with Gasteiger partial charge in [0.15, 0.2) is 0 Å². The first-order valence-electron chi connectivity index (χ1n) is 5.42. The van der Waals surface area contributed by atoms with Gasteiger partial charge in [-0.05, 0) is 34.3 Å². The van der Waals surface area contributed by atoms with E-state index >= 15 is 0 Å². The van der Waals surface area contributed by atoms with Crippen molar-refractivity contribution < 1.29 is 9.53 Å². The molecule has 1 aliphatic heterocycles. The first kappa shape index (κ1) is 13.0. The van der Waals surface area contributed by atoms with E-state index in [0.29, 0.717) is 6.54 Å². The van der Waals surface area contributed by atoms with Crippen LogP contribution in [-0.2, 0) is 16.1 Å². The first-order valence-corrected chi connectivity index (χ1v) is 7.10. The zero-order valence-corrected chi connectivity index (χ0v) is 12.0. The largest absolute Gasteiger partial charge is 0.363 e. The maximum atomic E-state index is 11.6. The zero-order chi connectivity index (χ0) is 12.3. The van der Waals surface area contributed by atoms with E-state index < -0.39 is 0 Å². The van der Waals surface area contributed by atoms with E-state index in [1.807, 2.05) is 18.4 Å². The van der Waals surface area contributed by atoms with E-state index in [0.717, 1.165) is 22.4 Å². The van der Waals surface area contributed by atoms with Crippen molar-refractivity contribution in [2.75, 3.05) is 19.7 Å². The molecule has 2 N–H and O–H groups in total. The van der Waals surface area contributed by atoms with Crippen molar-refractivity contribution in [2.45, 2.75) is 19.1 Å². The Balaban J connectivity index is 1.69. The van der Waals surface area contributed by atoms with Gasteiger partial charge in [0.2, 0.25) is 5.91 Å². The van der Waals surface area contributed by atoms with E-state index in [4.69, 9.17) is 4.74 Å². The minimum Gasteiger partial charge on any atom is -0.363 e. The van der Waals surface area contributed by atoms with E-state index in [1.165, 1.54) is 0 Å². The molecule has 1 aromatic rings. The molecule has 0 spiro atoms. The number of carbonyl (C=O) groups excluding carboxylic acids is 1. The fraction of sp³-hybridized carbons (Fsp3) is 0.545. The lowest BCUT2D eigenvalue weighted by atomic mass is 10.0. The summed E-state index contributed by atoms with van der Waals surface area (Å²) in [5, 5.41) is 7.96. The van der Waals surface area contributed by atoms with Gasteiger partial charge in [0.1, 0.15) is 6.61 Å². The van der Waals surface area contributed by atoms with Crippen LogP contribution in [0.1, 0.15) is 11.8 Å². The summed E-state index contributed by atoms with van der Waals surface area (Å²) in [4.78, 5) is 12.7. The highest BCUT2D eigenvalue weighted by Gasteiger charge is 2.32. The topological polar surface area (TPSA) is 50.4 Å². The van der Waals surface area contributed by atoms with Crippen molar-refractivity contribution in [1.29, 1.82) is 0 Å². The molecule has 94 valence electrons. The van der Waals surface area contributed by atoms with Crippen molar-refractivity contribution in [1.82, 2.24) is 10.6 Å².